The smallest absolute Gasteiger partial charge is 0.410 e. The standard InChI is InChI=1S/C19H21N5O3S/c1-12-21-18(28-22-12)13-8-15-16(9-13)20-3-2-17(15)23-4-6-24(7-5-23)19(25)27-14-10-26-11-14/h2-3,8,14H,4-7,9-11H2,1H3. The van der Waals surface area contributed by atoms with Crippen LogP contribution >= 0.6 is 11.5 Å². The van der Waals surface area contributed by atoms with Gasteiger partial charge in [-0.15, -0.1) is 0 Å². The van der Waals surface area contributed by atoms with Gasteiger partial charge >= 0.3 is 6.09 Å². The summed E-state index contributed by atoms with van der Waals surface area (Å²) < 4.78 is 14.8. The quantitative estimate of drug-likeness (QED) is 0.781. The summed E-state index contributed by atoms with van der Waals surface area (Å²) in [6.45, 7) is 5.77. The van der Waals surface area contributed by atoms with Crippen molar-refractivity contribution in [2.24, 2.45) is 0 Å². The lowest BCUT2D eigenvalue weighted by Crippen LogP contribution is -2.51. The van der Waals surface area contributed by atoms with E-state index in [1.54, 1.807) is 4.90 Å². The van der Waals surface area contributed by atoms with Crippen LogP contribution in [0.25, 0.3) is 11.6 Å². The van der Waals surface area contributed by atoms with Crippen molar-refractivity contribution >= 4 is 35.0 Å². The van der Waals surface area contributed by atoms with Crippen molar-refractivity contribution in [3.05, 3.63) is 34.4 Å². The normalized spacial score (nSPS) is 19.2. The monoisotopic (exact) mass is 399 g/mol. The first-order chi connectivity index (χ1) is 13.7. The van der Waals surface area contributed by atoms with Gasteiger partial charge in [-0.3, -0.25) is 4.98 Å². The number of rotatable bonds is 3. The molecule has 8 nitrogen and oxygen atoms in total. The van der Waals surface area contributed by atoms with Crippen LogP contribution in [0, 0.1) is 6.92 Å². The maximum Gasteiger partial charge on any atom is 0.410 e. The average molecular weight is 399 g/mol. The summed E-state index contributed by atoms with van der Waals surface area (Å²) in [6.07, 6.45) is 4.53. The molecule has 2 fully saturated rings. The van der Waals surface area contributed by atoms with Crippen molar-refractivity contribution in [1.29, 1.82) is 0 Å². The number of carbonyl (C=O) groups is 1. The lowest BCUT2D eigenvalue weighted by molar-refractivity contribution is -0.104. The minimum atomic E-state index is -0.235. The van der Waals surface area contributed by atoms with Crippen LogP contribution in [0.2, 0.25) is 0 Å². The topological polar surface area (TPSA) is 80.7 Å². The fourth-order valence-corrected chi connectivity index (χ4v) is 4.36. The average Bonchev–Trinajstić information content (AvgIpc) is 3.30. The summed E-state index contributed by atoms with van der Waals surface area (Å²) in [5, 5.41) is 0.967. The van der Waals surface area contributed by atoms with Gasteiger partial charge < -0.3 is 19.3 Å². The van der Waals surface area contributed by atoms with Crippen LogP contribution in [0.1, 0.15) is 22.1 Å². The van der Waals surface area contributed by atoms with E-state index < -0.39 is 0 Å². The number of piperazine rings is 1. The van der Waals surface area contributed by atoms with Gasteiger partial charge in [-0.1, -0.05) is 0 Å². The molecule has 0 spiro atoms. The Morgan fingerprint density at radius 2 is 2.11 bits per heavy atom. The Balaban J connectivity index is 1.29. The van der Waals surface area contributed by atoms with Crippen LogP contribution in [0.3, 0.4) is 0 Å². The second-order valence-corrected chi connectivity index (χ2v) is 7.95. The van der Waals surface area contributed by atoms with Gasteiger partial charge in [-0.05, 0) is 36.2 Å². The fourth-order valence-electron chi connectivity index (χ4n) is 3.68. The lowest BCUT2D eigenvalue weighted by Gasteiger charge is -2.37. The van der Waals surface area contributed by atoms with E-state index in [-0.39, 0.29) is 12.2 Å². The maximum absolute atomic E-state index is 12.2. The number of allylic oxidation sites excluding steroid dienone is 1. The van der Waals surface area contributed by atoms with Crippen LogP contribution in [0.15, 0.2) is 12.3 Å². The number of pyridine rings is 1. The molecule has 28 heavy (non-hydrogen) atoms. The SMILES string of the molecule is Cc1nsc(C2=Cc3c(N4CCN(C(=O)OC5COC5)CC4)ccnc3C2)n1. The Morgan fingerprint density at radius 3 is 2.79 bits per heavy atom. The molecule has 0 bridgehead atoms. The molecule has 0 saturated carbocycles. The number of hydrogen-bond donors (Lipinski definition) is 0. The number of anilines is 1. The molecule has 0 unspecified atom stereocenters. The van der Waals surface area contributed by atoms with Crippen LogP contribution in [-0.2, 0) is 15.9 Å². The molecule has 9 heteroatoms. The number of hydrogen-bond acceptors (Lipinski definition) is 8. The maximum atomic E-state index is 12.2. The van der Waals surface area contributed by atoms with Gasteiger partial charge in [0, 0.05) is 50.0 Å². The summed E-state index contributed by atoms with van der Waals surface area (Å²) in [5.41, 5.74) is 4.58. The Bertz CT molecular complexity index is 931. The summed E-state index contributed by atoms with van der Waals surface area (Å²) in [7, 11) is 0. The fraction of sp³-hybridized carbons (Fsp3) is 0.474. The molecule has 2 aliphatic heterocycles. The molecule has 0 atom stereocenters. The van der Waals surface area contributed by atoms with E-state index in [2.05, 4.69) is 31.4 Å². The first-order valence-electron chi connectivity index (χ1n) is 9.45. The van der Waals surface area contributed by atoms with Crippen LogP contribution < -0.4 is 4.90 Å². The van der Waals surface area contributed by atoms with E-state index in [9.17, 15) is 4.79 Å². The second kappa shape index (κ2) is 7.14. The molecule has 0 N–H and O–H groups in total. The molecule has 4 heterocycles. The van der Waals surface area contributed by atoms with Gasteiger partial charge in [0.05, 0.1) is 18.9 Å². The number of aromatic nitrogens is 3. The number of aryl methyl sites for hydroxylation is 1. The second-order valence-electron chi connectivity index (χ2n) is 7.20. The predicted molar refractivity (Wildman–Crippen MR) is 105 cm³/mol. The number of amides is 1. The molecule has 5 rings (SSSR count). The van der Waals surface area contributed by atoms with Crippen LogP contribution in [0.5, 0.6) is 0 Å². The number of nitrogens with zero attached hydrogens (tertiary/aromatic N) is 5. The molecule has 2 aromatic heterocycles. The van der Waals surface area contributed by atoms with Crippen molar-refractivity contribution in [3.8, 4) is 0 Å². The van der Waals surface area contributed by atoms with Gasteiger partial charge in [0.25, 0.3) is 0 Å². The van der Waals surface area contributed by atoms with Gasteiger partial charge in [0.1, 0.15) is 10.8 Å². The summed E-state index contributed by atoms with van der Waals surface area (Å²) in [6, 6.07) is 2.06. The van der Waals surface area contributed by atoms with Crippen molar-refractivity contribution in [2.75, 3.05) is 44.3 Å². The molecule has 3 aliphatic rings. The highest BCUT2D eigenvalue weighted by Crippen LogP contribution is 2.36. The predicted octanol–water partition coefficient (Wildman–Crippen LogP) is 2.00. The van der Waals surface area contributed by atoms with E-state index in [1.807, 2.05) is 13.1 Å². The zero-order valence-corrected chi connectivity index (χ0v) is 16.4. The summed E-state index contributed by atoms with van der Waals surface area (Å²) >= 11 is 1.44. The first-order valence-corrected chi connectivity index (χ1v) is 10.2. The van der Waals surface area contributed by atoms with Crippen molar-refractivity contribution < 1.29 is 14.3 Å². The molecule has 1 amide bonds. The third-order valence-electron chi connectivity index (χ3n) is 5.28. The highest BCUT2D eigenvalue weighted by Gasteiger charge is 2.29. The zero-order valence-electron chi connectivity index (χ0n) is 15.6. The highest BCUT2D eigenvalue weighted by atomic mass is 32.1. The molecule has 0 aromatic carbocycles. The molecule has 146 valence electrons. The number of fused-ring (bicyclic) bond motifs is 1. The van der Waals surface area contributed by atoms with E-state index in [0.29, 0.717) is 26.3 Å². The zero-order chi connectivity index (χ0) is 19.1. The molecular weight excluding hydrogens is 378 g/mol. The van der Waals surface area contributed by atoms with Crippen LogP contribution in [0.4, 0.5) is 10.5 Å². The highest BCUT2D eigenvalue weighted by molar-refractivity contribution is 7.06. The lowest BCUT2D eigenvalue weighted by atomic mass is 10.1. The molecular formula is C19H21N5O3S. The Kier molecular flexibility index (Phi) is 4.48. The van der Waals surface area contributed by atoms with E-state index in [1.165, 1.54) is 22.8 Å². The Morgan fingerprint density at radius 1 is 1.29 bits per heavy atom. The van der Waals surface area contributed by atoms with E-state index in [4.69, 9.17) is 9.47 Å². The van der Waals surface area contributed by atoms with Gasteiger partial charge in [0.15, 0.2) is 6.10 Å². The van der Waals surface area contributed by atoms with Gasteiger partial charge in [0.2, 0.25) is 0 Å². The Hall–Kier alpha value is -2.52. The van der Waals surface area contributed by atoms with E-state index >= 15 is 0 Å². The van der Waals surface area contributed by atoms with Crippen molar-refractivity contribution in [1.82, 2.24) is 19.2 Å². The molecule has 2 saturated heterocycles. The first kappa shape index (κ1) is 17.6. The molecule has 1 aliphatic carbocycles. The third kappa shape index (κ3) is 3.24. The number of ether oxygens (including phenoxy) is 2. The summed E-state index contributed by atoms with van der Waals surface area (Å²) in [5.74, 6) is 0.807. The minimum absolute atomic E-state index is 0.0819. The van der Waals surface area contributed by atoms with Crippen LogP contribution in [-0.4, -0.2) is 70.8 Å². The largest absolute Gasteiger partial charge is 0.441 e. The summed E-state index contributed by atoms with van der Waals surface area (Å²) in [4.78, 5) is 25.4. The molecule has 0 radical (unpaired) electrons. The van der Waals surface area contributed by atoms with Crippen molar-refractivity contribution in [3.63, 3.8) is 0 Å². The van der Waals surface area contributed by atoms with Gasteiger partial charge in [-0.25, -0.2) is 9.78 Å². The van der Waals surface area contributed by atoms with Crippen molar-refractivity contribution in [2.45, 2.75) is 19.4 Å². The minimum Gasteiger partial charge on any atom is -0.441 e. The van der Waals surface area contributed by atoms with E-state index in [0.717, 1.165) is 41.6 Å². The Labute approximate surface area is 167 Å². The third-order valence-corrected chi connectivity index (χ3v) is 6.16. The molecule has 2 aromatic rings. The van der Waals surface area contributed by atoms with Gasteiger partial charge in [-0.2, -0.15) is 4.37 Å². The number of carbonyl (C=O) groups excluding carboxylic acids is 1.